The third kappa shape index (κ3) is 4.48. The van der Waals surface area contributed by atoms with Gasteiger partial charge >= 0.3 is 0 Å². The van der Waals surface area contributed by atoms with E-state index in [9.17, 15) is 9.18 Å². The Kier molecular flexibility index (Phi) is 6.25. The van der Waals surface area contributed by atoms with Crippen LogP contribution in [-0.2, 0) is 11.3 Å². The van der Waals surface area contributed by atoms with Crippen LogP contribution in [0.2, 0.25) is 0 Å². The van der Waals surface area contributed by atoms with Gasteiger partial charge in [-0.3, -0.25) is 4.79 Å². The van der Waals surface area contributed by atoms with E-state index in [1.54, 1.807) is 24.1 Å². The first kappa shape index (κ1) is 15.9. The van der Waals surface area contributed by atoms with Gasteiger partial charge in [0.05, 0.1) is 6.04 Å². The summed E-state index contributed by atoms with van der Waals surface area (Å²) in [5.41, 5.74) is 0.947. The van der Waals surface area contributed by atoms with Gasteiger partial charge in [-0.05, 0) is 37.1 Å². The number of nitrogens with one attached hydrogen (secondary N) is 1. The van der Waals surface area contributed by atoms with E-state index in [-0.39, 0.29) is 30.2 Å². The van der Waals surface area contributed by atoms with E-state index in [4.69, 9.17) is 0 Å². The lowest BCUT2D eigenvalue weighted by Crippen LogP contribution is -2.46. The molecule has 106 valence electrons. The zero-order valence-corrected chi connectivity index (χ0v) is 11.9. The van der Waals surface area contributed by atoms with Gasteiger partial charge in [0.1, 0.15) is 5.82 Å². The van der Waals surface area contributed by atoms with Gasteiger partial charge in [-0.1, -0.05) is 18.6 Å². The molecular formula is C14H20ClFN2O. The van der Waals surface area contributed by atoms with Crippen molar-refractivity contribution in [2.24, 2.45) is 0 Å². The van der Waals surface area contributed by atoms with Crippen LogP contribution in [0.5, 0.6) is 0 Å². The topological polar surface area (TPSA) is 32.3 Å². The first-order valence-electron chi connectivity index (χ1n) is 6.39. The molecule has 1 saturated heterocycles. The van der Waals surface area contributed by atoms with Crippen molar-refractivity contribution in [2.75, 3.05) is 13.6 Å². The molecule has 1 aliphatic heterocycles. The number of hydrogen-bond donors (Lipinski definition) is 1. The maximum Gasteiger partial charge on any atom is 0.239 e. The average molecular weight is 287 g/mol. The Labute approximate surface area is 119 Å². The number of nitrogens with zero attached hydrogens (tertiary/aromatic N) is 1. The number of carbonyl (C=O) groups is 1. The molecule has 1 aliphatic rings. The second kappa shape index (κ2) is 7.46. The number of amides is 1. The largest absolute Gasteiger partial charge is 0.340 e. The summed E-state index contributed by atoms with van der Waals surface area (Å²) in [5, 5.41) is 3.24. The monoisotopic (exact) mass is 286 g/mol. The van der Waals surface area contributed by atoms with Crippen molar-refractivity contribution in [1.82, 2.24) is 10.2 Å². The van der Waals surface area contributed by atoms with E-state index >= 15 is 0 Å². The molecule has 1 aromatic rings. The molecule has 0 aliphatic carbocycles. The molecule has 1 N–H and O–H groups in total. The van der Waals surface area contributed by atoms with Gasteiger partial charge in [0.15, 0.2) is 0 Å². The summed E-state index contributed by atoms with van der Waals surface area (Å²) in [4.78, 5) is 13.9. The fraction of sp³-hybridized carbons (Fsp3) is 0.500. The highest BCUT2D eigenvalue weighted by atomic mass is 35.5. The Balaban J connectivity index is 0.00000180. The fourth-order valence-electron chi connectivity index (χ4n) is 2.27. The Bertz CT molecular complexity index is 404. The van der Waals surface area contributed by atoms with Crippen molar-refractivity contribution in [3.63, 3.8) is 0 Å². The van der Waals surface area contributed by atoms with Crippen molar-refractivity contribution in [3.05, 3.63) is 35.6 Å². The standard InChI is InChI=1S/C14H19FN2O.ClH/c1-17(10-11-5-7-12(15)8-6-11)14(18)13-4-2-3-9-16-13;/h5-8,13,16H,2-4,9-10H2,1H3;1H. The van der Waals surface area contributed by atoms with E-state index in [1.807, 2.05) is 0 Å². The molecule has 1 heterocycles. The van der Waals surface area contributed by atoms with E-state index in [0.29, 0.717) is 6.54 Å². The molecule has 5 heteroatoms. The highest BCUT2D eigenvalue weighted by Gasteiger charge is 2.23. The van der Waals surface area contributed by atoms with Gasteiger partial charge in [0, 0.05) is 13.6 Å². The van der Waals surface area contributed by atoms with E-state index in [2.05, 4.69) is 5.32 Å². The van der Waals surface area contributed by atoms with Crippen molar-refractivity contribution >= 4 is 18.3 Å². The highest BCUT2D eigenvalue weighted by molar-refractivity contribution is 5.85. The first-order valence-corrected chi connectivity index (χ1v) is 6.39. The summed E-state index contributed by atoms with van der Waals surface area (Å²) < 4.78 is 12.8. The van der Waals surface area contributed by atoms with Crippen LogP contribution >= 0.6 is 12.4 Å². The Morgan fingerprint density at radius 2 is 2.05 bits per heavy atom. The first-order chi connectivity index (χ1) is 8.66. The van der Waals surface area contributed by atoms with E-state index in [0.717, 1.165) is 31.4 Å². The van der Waals surface area contributed by atoms with E-state index in [1.165, 1.54) is 12.1 Å². The maximum atomic E-state index is 12.8. The second-order valence-electron chi connectivity index (χ2n) is 4.82. The highest BCUT2D eigenvalue weighted by Crippen LogP contribution is 2.11. The summed E-state index contributed by atoms with van der Waals surface area (Å²) >= 11 is 0. The third-order valence-electron chi connectivity index (χ3n) is 3.32. The van der Waals surface area contributed by atoms with Gasteiger partial charge in [-0.15, -0.1) is 12.4 Å². The van der Waals surface area contributed by atoms with Crippen molar-refractivity contribution in [1.29, 1.82) is 0 Å². The lowest BCUT2D eigenvalue weighted by Gasteiger charge is -2.27. The number of halogens is 2. The molecule has 1 aromatic carbocycles. The molecule has 0 aromatic heterocycles. The van der Waals surface area contributed by atoms with Crippen molar-refractivity contribution in [3.8, 4) is 0 Å². The minimum atomic E-state index is -0.248. The zero-order chi connectivity index (χ0) is 13.0. The molecule has 2 rings (SSSR count). The molecule has 1 fully saturated rings. The number of likely N-dealkylation sites (N-methyl/N-ethyl adjacent to an activating group) is 1. The van der Waals surface area contributed by atoms with Gasteiger partial charge in [0.25, 0.3) is 0 Å². The van der Waals surface area contributed by atoms with E-state index < -0.39 is 0 Å². The average Bonchev–Trinajstić information content (AvgIpc) is 2.41. The number of benzene rings is 1. The molecule has 1 unspecified atom stereocenters. The molecule has 0 bridgehead atoms. The molecule has 1 amide bonds. The van der Waals surface area contributed by atoms with Crippen LogP contribution in [0.4, 0.5) is 4.39 Å². The minimum absolute atomic E-state index is 0. The molecule has 0 radical (unpaired) electrons. The fourth-order valence-corrected chi connectivity index (χ4v) is 2.27. The zero-order valence-electron chi connectivity index (χ0n) is 11.1. The van der Waals surface area contributed by atoms with Crippen LogP contribution in [0.1, 0.15) is 24.8 Å². The van der Waals surface area contributed by atoms with Crippen molar-refractivity contribution in [2.45, 2.75) is 31.8 Å². The molecule has 0 spiro atoms. The lowest BCUT2D eigenvalue weighted by atomic mass is 10.0. The van der Waals surface area contributed by atoms with Gasteiger partial charge in [0.2, 0.25) is 5.91 Å². The van der Waals surface area contributed by atoms with Gasteiger partial charge in [-0.2, -0.15) is 0 Å². The Hall–Kier alpha value is -1.13. The smallest absolute Gasteiger partial charge is 0.239 e. The van der Waals surface area contributed by atoms with Crippen LogP contribution in [0, 0.1) is 5.82 Å². The number of rotatable bonds is 3. The molecule has 1 atom stereocenters. The van der Waals surface area contributed by atoms with Crippen LogP contribution < -0.4 is 5.32 Å². The quantitative estimate of drug-likeness (QED) is 0.925. The second-order valence-corrected chi connectivity index (χ2v) is 4.82. The molecule has 0 saturated carbocycles. The summed E-state index contributed by atoms with van der Waals surface area (Å²) in [5.74, 6) is -0.124. The molecule has 3 nitrogen and oxygen atoms in total. The summed E-state index contributed by atoms with van der Waals surface area (Å²) in [6.07, 6.45) is 3.16. The third-order valence-corrected chi connectivity index (χ3v) is 3.32. The van der Waals surface area contributed by atoms with Gasteiger partial charge in [-0.25, -0.2) is 4.39 Å². The summed E-state index contributed by atoms with van der Waals surface area (Å²) in [7, 11) is 1.79. The molecule has 19 heavy (non-hydrogen) atoms. The number of piperidine rings is 1. The normalized spacial score (nSPS) is 18.5. The van der Waals surface area contributed by atoms with Crippen molar-refractivity contribution < 1.29 is 9.18 Å². The minimum Gasteiger partial charge on any atom is -0.340 e. The van der Waals surface area contributed by atoms with Crippen LogP contribution in [0.15, 0.2) is 24.3 Å². The SMILES string of the molecule is CN(Cc1ccc(F)cc1)C(=O)C1CCCCN1.Cl. The molecular weight excluding hydrogens is 267 g/mol. The number of hydrogen-bond acceptors (Lipinski definition) is 2. The van der Waals surface area contributed by atoms with Crippen LogP contribution in [0.3, 0.4) is 0 Å². The van der Waals surface area contributed by atoms with Crippen LogP contribution in [0.25, 0.3) is 0 Å². The Morgan fingerprint density at radius 3 is 2.63 bits per heavy atom. The lowest BCUT2D eigenvalue weighted by molar-refractivity contribution is -0.133. The maximum absolute atomic E-state index is 12.8. The predicted octanol–water partition coefficient (Wildman–Crippen LogP) is 2.35. The number of carbonyl (C=O) groups excluding carboxylic acids is 1. The predicted molar refractivity (Wildman–Crippen MR) is 75.8 cm³/mol. The summed E-state index contributed by atoms with van der Waals surface area (Å²) in [6.45, 7) is 1.44. The van der Waals surface area contributed by atoms with Crippen LogP contribution in [-0.4, -0.2) is 30.4 Å². The van der Waals surface area contributed by atoms with Gasteiger partial charge < -0.3 is 10.2 Å². The summed E-state index contributed by atoms with van der Waals surface area (Å²) in [6, 6.07) is 6.23. The Morgan fingerprint density at radius 1 is 1.37 bits per heavy atom.